The molecule has 2 aromatic carbocycles. The normalized spacial score (nSPS) is 12.6. The lowest BCUT2D eigenvalue weighted by Gasteiger charge is -2.18. The van der Waals surface area contributed by atoms with Crippen LogP contribution < -0.4 is 9.46 Å². The maximum atomic E-state index is 12.7. The van der Waals surface area contributed by atoms with E-state index in [1.165, 1.54) is 19.2 Å². The number of ether oxygens (including phenoxy) is 1. The maximum Gasteiger partial charge on any atom is 0.305 e. The van der Waals surface area contributed by atoms with Gasteiger partial charge in [-0.05, 0) is 23.8 Å². The van der Waals surface area contributed by atoms with E-state index >= 15 is 0 Å². The lowest BCUT2D eigenvalue weighted by Crippen LogP contribution is -2.30. The van der Waals surface area contributed by atoms with Crippen molar-refractivity contribution in [2.24, 2.45) is 0 Å². The van der Waals surface area contributed by atoms with Crippen LogP contribution in [0, 0.1) is 0 Å². The molecule has 0 amide bonds. The standard InChI is InChI=1S/C16H16BrNO5S/c1-23-14-8-7-12(17)9-15(14)24(21,22)18-13(10-16(19)20)11-5-3-2-4-6-11/h2-9,13,18H,10H2,1H3,(H,19,20). The minimum absolute atomic E-state index is 0.0642. The van der Waals surface area contributed by atoms with Gasteiger partial charge in [0.25, 0.3) is 0 Å². The van der Waals surface area contributed by atoms with Crippen molar-refractivity contribution in [3.63, 3.8) is 0 Å². The summed E-state index contributed by atoms with van der Waals surface area (Å²) < 4.78 is 33.6. The zero-order valence-corrected chi connectivity index (χ0v) is 15.2. The quantitative estimate of drug-likeness (QED) is 0.727. The van der Waals surface area contributed by atoms with Crippen LogP contribution in [0.25, 0.3) is 0 Å². The van der Waals surface area contributed by atoms with Gasteiger partial charge in [0.2, 0.25) is 10.0 Å². The van der Waals surface area contributed by atoms with Crippen LogP contribution in [0.15, 0.2) is 57.9 Å². The van der Waals surface area contributed by atoms with Crippen LogP contribution in [0.5, 0.6) is 5.75 Å². The molecule has 0 saturated carbocycles. The zero-order chi connectivity index (χ0) is 17.7. The molecular weight excluding hydrogens is 398 g/mol. The van der Waals surface area contributed by atoms with E-state index < -0.39 is 22.0 Å². The fourth-order valence-electron chi connectivity index (χ4n) is 2.20. The van der Waals surface area contributed by atoms with Crippen LogP contribution in [-0.2, 0) is 14.8 Å². The van der Waals surface area contributed by atoms with Crippen LogP contribution >= 0.6 is 15.9 Å². The summed E-state index contributed by atoms with van der Waals surface area (Å²) in [7, 11) is -2.62. The molecule has 0 saturated heterocycles. The van der Waals surface area contributed by atoms with Crippen molar-refractivity contribution in [3.05, 3.63) is 58.6 Å². The summed E-state index contributed by atoms with van der Waals surface area (Å²) in [4.78, 5) is 11.1. The van der Waals surface area contributed by atoms with E-state index in [2.05, 4.69) is 20.7 Å². The SMILES string of the molecule is COc1ccc(Br)cc1S(=O)(=O)NC(CC(=O)O)c1ccccc1. The second-order valence-electron chi connectivity index (χ2n) is 4.98. The van der Waals surface area contributed by atoms with Gasteiger partial charge < -0.3 is 9.84 Å². The molecular formula is C16H16BrNO5S. The molecule has 0 heterocycles. The molecule has 1 unspecified atom stereocenters. The highest BCUT2D eigenvalue weighted by atomic mass is 79.9. The number of rotatable bonds is 7. The number of benzene rings is 2. The first-order valence-electron chi connectivity index (χ1n) is 6.96. The van der Waals surface area contributed by atoms with Crippen LogP contribution in [0.4, 0.5) is 0 Å². The molecule has 8 heteroatoms. The predicted molar refractivity (Wildman–Crippen MR) is 92.5 cm³/mol. The molecule has 2 aromatic rings. The average molecular weight is 414 g/mol. The van der Waals surface area contributed by atoms with E-state index in [9.17, 15) is 13.2 Å². The van der Waals surface area contributed by atoms with E-state index in [1.807, 2.05) is 0 Å². The number of halogens is 1. The van der Waals surface area contributed by atoms with E-state index in [4.69, 9.17) is 9.84 Å². The van der Waals surface area contributed by atoms with Gasteiger partial charge in [-0.25, -0.2) is 13.1 Å². The van der Waals surface area contributed by atoms with Crippen LogP contribution in [-0.4, -0.2) is 26.6 Å². The molecule has 2 N–H and O–H groups in total. The molecule has 0 bridgehead atoms. The largest absolute Gasteiger partial charge is 0.495 e. The van der Waals surface area contributed by atoms with Crippen molar-refractivity contribution in [3.8, 4) is 5.75 Å². The Morgan fingerprint density at radius 2 is 1.92 bits per heavy atom. The van der Waals surface area contributed by atoms with Gasteiger partial charge in [0.05, 0.1) is 19.6 Å². The van der Waals surface area contributed by atoms with Crippen LogP contribution in [0.1, 0.15) is 18.0 Å². The van der Waals surface area contributed by atoms with Gasteiger partial charge in [-0.15, -0.1) is 0 Å². The van der Waals surface area contributed by atoms with Crippen molar-refractivity contribution >= 4 is 31.9 Å². The molecule has 0 radical (unpaired) electrons. The summed E-state index contributed by atoms with van der Waals surface area (Å²) in [5.41, 5.74) is 0.567. The molecule has 0 spiro atoms. The Balaban J connectivity index is 2.41. The first-order valence-corrected chi connectivity index (χ1v) is 9.23. The Kier molecular flexibility index (Phi) is 5.98. The van der Waals surface area contributed by atoms with Crippen molar-refractivity contribution in [2.75, 3.05) is 7.11 Å². The topological polar surface area (TPSA) is 92.7 Å². The van der Waals surface area contributed by atoms with E-state index in [0.717, 1.165) is 0 Å². The number of nitrogens with one attached hydrogen (secondary N) is 1. The maximum absolute atomic E-state index is 12.7. The average Bonchev–Trinajstić information content (AvgIpc) is 2.54. The second kappa shape index (κ2) is 7.78. The number of carboxylic acid groups (broad SMARTS) is 1. The Hall–Kier alpha value is -1.90. The monoisotopic (exact) mass is 413 g/mol. The van der Waals surface area contributed by atoms with Gasteiger partial charge >= 0.3 is 5.97 Å². The van der Waals surface area contributed by atoms with Crippen molar-refractivity contribution in [1.29, 1.82) is 0 Å². The van der Waals surface area contributed by atoms with Gasteiger partial charge in [0.1, 0.15) is 10.6 Å². The first-order chi connectivity index (χ1) is 11.3. The molecule has 0 aliphatic rings. The molecule has 128 valence electrons. The minimum atomic E-state index is -3.99. The Morgan fingerprint density at radius 1 is 1.25 bits per heavy atom. The van der Waals surface area contributed by atoms with Gasteiger partial charge in [-0.2, -0.15) is 0 Å². The van der Waals surface area contributed by atoms with E-state index in [0.29, 0.717) is 10.0 Å². The molecule has 2 rings (SSSR count). The molecule has 0 aliphatic carbocycles. The third kappa shape index (κ3) is 4.56. The molecule has 0 aromatic heterocycles. The fraction of sp³-hybridized carbons (Fsp3) is 0.188. The molecule has 0 fully saturated rings. The summed E-state index contributed by atoms with van der Waals surface area (Å²) in [6, 6.07) is 12.3. The number of carboxylic acids is 1. The second-order valence-corrected chi connectivity index (χ2v) is 7.58. The van der Waals surface area contributed by atoms with Gasteiger partial charge in [-0.3, -0.25) is 4.79 Å². The van der Waals surface area contributed by atoms with Crippen molar-refractivity contribution in [2.45, 2.75) is 17.4 Å². The highest BCUT2D eigenvalue weighted by Gasteiger charge is 2.26. The Labute approximate surface area is 148 Å². The summed E-state index contributed by atoms with van der Waals surface area (Å²) >= 11 is 3.23. The van der Waals surface area contributed by atoms with Gasteiger partial charge in [0.15, 0.2) is 0 Å². The molecule has 6 nitrogen and oxygen atoms in total. The highest BCUT2D eigenvalue weighted by Crippen LogP contribution is 2.29. The summed E-state index contributed by atoms with van der Waals surface area (Å²) in [5.74, 6) is -0.930. The zero-order valence-electron chi connectivity index (χ0n) is 12.8. The van der Waals surface area contributed by atoms with Crippen molar-refractivity contribution in [1.82, 2.24) is 4.72 Å². The number of hydrogen-bond acceptors (Lipinski definition) is 4. The smallest absolute Gasteiger partial charge is 0.305 e. The third-order valence-corrected chi connectivity index (χ3v) is 5.28. The Morgan fingerprint density at radius 3 is 2.50 bits per heavy atom. The number of methoxy groups -OCH3 is 1. The Bertz CT molecular complexity index is 824. The van der Waals surface area contributed by atoms with Gasteiger partial charge in [0, 0.05) is 4.47 Å². The minimum Gasteiger partial charge on any atom is -0.495 e. The molecule has 0 aliphatic heterocycles. The van der Waals surface area contributed by atoms with E-state index in [-0.39, 0.29) is 17.1 Å². The van der Waals surface area contributed by atoms with Crippen LogP contribution in [0.3, 0.4) is 0 Å². The predicted octanol–water partition coefficient (Wildman–Crippen LogP) is 2.95. The third-order valence-electron chi connectivity index (χ3n) is 3.29. The lowest BCUT2D eigenvalue weighted by molar-refractivity contribution is -0.137. The number of carbonyl (C=O) groups is 1. The van der Waals surface area contributed by atoms with Gasteiger partial charge in [-0.1, -0.05) is 46.3 Å². The molecule has 24 heavy (non-hydrogen) atoms. The molecule has 1 atom stereocenters. The van der Waals surface area contributed by atoms with Crippen molar-refractivity contribution < 1.29 is 23.1 Å². The first kappa shape index (κ1) is 18.4. The number of sulfonamides is 1. The summed E-state index contributed by atoms with van der Waals surface area (Å²) in [6.45, 7) is 0. The number of hydrogen-bond donors (Lipinski definition) is 2. The van der Waals surface area contributed by atoms with E-state index in [1.54, 1.807) is 36.4 Å². The highest BCUT2D eigenvalue weighted by molar-refractivity contribution is 9.10. The summed E-state index contributed by atoms with van der Waals surface area (Å²) in [5, 5.41) is 9.09. The number of aliphatic carboxylic acids is 1. The van der Waals surface area contributed by atoms with Crippen LogP contribution in [0.2, 0.25) is 0 Å². The fourth-order valence-corrected chi connectivity index (χ4v) is 4.13. The lowest BCUT2D eigenvalue weighted by atomic mass is 10.1. The summed E-state index contributed by atoms with van der Waals surface area (Å²) in [6.07, 6.45) is -0.375.